The SMILES string of the molecule is CCc1cc2c(cc1C(=O)OC)SC(C)C2. The Morgan fingerprint density at radius 1 is 1.56 bits per heavy atom. The minimum atomic E-state index is -0.222. The minimum Gasteiger partial charge on any atom is -0.465 e. The predicted octanol–water partition coefficient (Wildman–Crippen LogP) is 3.07. The number of methoxy groups -OCH3 is 1. The third-order valence-electron chi connectivity index (χ3n) is 2.91. The molecule has 0 saturated carbocycles. The number of aryl methyl sites for hydroxylation is 1. The van der Waals surface area contributed by atoms with Gasteiger partial charge in [0.1, 0.15) is 0 Å². The van der Waals surface area contributed by atoms with Gasteiger partial charge >= 0.3 is 5.97 Å². The number of benzene rings is 1. The summed E-state index contributed by atoms with van der Waals surface area (Å²) in [6.45, 7) is 4.29. The number of esters is 1. The fourth-order valence-electron chi connectivity index (χ4n) is 2.11. The lowest BCUT2D eigenvalue weighted by Crippen LogP contribution is -2.06. The summed E-state index contributed by atoms with van der Waals surface area (Å²) < 4.78 is 4.82. The van der Waals surface area contributed by atoms with Gasteiger partial charge in [0, 0.05) is 10.1 Å². The second kappa shape index (κ2) is 4.50. The van der Waals surface area contributed by atoms with Gasteiger partial charge in [-0.15, -0.1) is 11.8 Å². The van der Waals surface area contributed by atoms with Gasteiger partial charge in [0.25, 0.3) is 0 Å². The van der Waals surface area contributed by atoms with Crippen molar-refractivity contribution in [3.63, 3.8) is 0 Å². The van der Waals surface area contributed by atoms with Crippen LogP contribution in [-0.4, -0.2) is 18.3 Å². The zero-order chi connectivity index (χ0) is 11.7. The van der Waals surface area contributed by atoms with E-state index in [1.54, 1.807) is 0 Å². The third-order valence-corrected chi connectivity index (χ3v) is 4.11. The molecule has 86 valence electrons. The maximum atomic E-state index is 11.6. The van der Waals surface area contributed by atoms with E-state index in [1.807, 2.05) is 17.8 Å². The Bertz CT molecular complexity index is 426. The Morgan fingerprint density at radius 3 is 2.94 bits per heavy atom. The molecule has 1 heterocycles. The van der Waals surface area contributed by atoms with Crippen LogP contribution in [0.1, 0.15) is 35.3 Å². The summed E-state index contributed by atoms with van der Waals surface area (Å²) in [6, 6.07) is 4.16. The average Bonchev–Trinajstić information content (AvgIpc) is 2.65. The second-order valence-electron chi connectivity index (χ2n) is 4.09. The molecule has 1 unspecified atom stereocenters. The van der Waals surface area contributed by atoms with Crippen LogP contribution in [0.4, 0.5) is 0 Å². The van der Waals surface area contributed by atoms with E-state index in [9.17, 15) is 4.79 Å². The topological polar surface area (TPSA) is 26.3 Å². The maximum absolute atomic E-state index is 11.6. The number of hydrogen-bond donors (Lipinski definition) is 0. The van der Waals surface area contributed by atoms with Crippen molar-refractivity contribution < 1.29 is 9.53 Å². The van der Waals surface area contributed by atoms with Gasteiger partial charge in [0.05, 0.1) is 12.7 Å². The van der Waals surface area contributed by atoms with E-state index in [0.717, 1.165) is 24.0 Å². The summed E-state index contributed by atoms with van der Waals surface area (Å²) in [6.07, 6.45) is 1.98. The lowest BCUT2D eigenvalue weighted by molar-refractivity contribution is 0.0599. The zero-order valence-corrected chi connectivity index (χ0v) is 10.7. The smallest absolute Gasteiger partial charge is 0.338 e. The van der Waals surface area contributed by atoms with Gasteiger partial charge in [-0.2, -0.15) is 0 Å². The second-order valence-corrected chi connectivity index (χ2v) is 5.58. The number of hydrogen-bond acceptors (Lipinski definition) is 3. The van der Waals surface area contributed by atoms with Crippen molar-refractivity contribution in [2.45, 2.75) is 36.8 Å². The van der Waals surface area contributed by atoms with Crippen LogP contribution in [0.25, 0.3) is 0 Å². The standard InChI is InChI=1S/C13H16O2S/c1-4-9-6-10-5-8(2)16-12(10)7-11(9)13(14)15-3/h6-8H,4-5H2,1-3H3. The van der Waals surface area contributed by atoms with Crippen molar-refractivity contribution in [2.75, 3.05) is 7.11 Å². The van der Waals surface area contributed by atoms with Gasteiger partial charge in [-0.25, -0.2) is 4.79 Å². The molecule has 0 aromatic heterocycles. The fraction of sp³-hybridized carbons (Fsp3) is 0.462. The van der Waals surface area contributed by atoms with Crippen LogP contribution in [0.3, 0.4) is 0 Å². The number of ether oxygens (including phenoxy) is 1. The van der Waals surface area contributed by atoms with Gasteiger partial charge in [-0.3, -0.25) is 0 Å². The van der Waals surface area contributed by atoms with Gasteiger partial charge in [-0.05, 0) is 30.0 Å². The summed E-state index contributed by atoms with van der Waals surface area (Å²) in [7, 11) is 1.44. The van der Waals surface area contributed by atoms with Gasteiger partial charge in [0.2, 0.25) is 0 Å². The third kappa shape index (κ3) is 1.96. The summed E-state index contributed by atoms with van der Waals surface area (Å²) >= 11 is 1.84. The lowest BCUT2D eigenvalue weighted by atomic mass is 10.00. The lowest BCUT2D eigenvalue weighted by Gasteiger charge is -2.08. The minimum absolute atomic E-state index is 0.222. The van der Waals surface area contributed by atoms with Gasteiger partial charge in [0.15, 0.2) is 0 Å². The molecule has 3 heteroatoms. The summed E-state index contributed by atoms with van der Waals surface area (Å²) in [4.78, 5) is 12.9. The van der Waals surface area contributed by atoms with Crippen molar-refractivity contribution in [1.82, 2.24) is 0 Å². The number of rotatable bonds is 2. The van der Waals surface area contributed by atoms with Crippen LogP contribution in [0.15, 0.2) is 17.0 Å². The Balaban J connectivity index is 2.46. The molecule has 1 aliphatic heterocycles. The molecule has 0 amide bonds. The van der Waals surface area contributed by atoms with E-state index in [1.165, 1.54) is 17.6 Å². The van der Waals surface area contributed by atoms with E-state index in [-0.39, 0.29) is 5.97 Å². The first-order valence-corrected chi connectivity index (χ1v) is 6.44. The molecule has 2 nitrogen and oxygen atoms in total. The number of thioether (sulfide) groups is 1. The molecule has 0 N–H and O–H groups in total. The molecule has 2 rings (SSSR count). The number of carbonyl (C=O) groups is 1. The molecule has 16 heavy (non-hydrogen) atoms. The molecule has 0 radical (unpaired) electrons. The molecule has 0 bridgehead atoms. The highest BCUT2D eigenvalue weighted by molar-refractivity contribution is 8.00. The quantitative estimate of drug-likeness (QED) is 0.738. The molecule has 0 saturated heterocycles. The Hall–Kier alpha value is -0.960. The maximum Gasteiger partial charge on any atom is 0.338 e. The van der Waals surface area contributed by atoms with E-state index >= 15 is 0 Å². The van der Waals surface area contributed by atoms with Crippen molar-refractivity contribution in [3.05, 3.63) is 28.8 Å². The van der Waals surface area contributed by atoms with Crippen molar-refractivity contribution >= 4 is 17.7 Å². The molecule has 1 aliphatic rings. The van der Waals surface area contributed by atoms with E-state index < -0.39 is 0 Å². The number of carbonyl (C=O) groups excluding carboxylic acids is 1. The highest BCUT2D eigenvalue weighted by atomic mass is 32.2. The van der Waals surface area contributed by atoms with Crippen molar-refractivity contribution in [1.29, 1.82) is 0 Å². The Labute approximate surface area is 100 Å². The first-order chi connectivity index (χ1) is 7.65. The Morgan fingerprint density at radius 2 is 2.31 bits per heavy atom. The predicted molar refractivity (Wildman–Crippen MR) is 66.2 cm³/mol. The highest BCUT2D eigenvalue weighted by Crippen LogP contribution is 2.38. The molecule has 1 aromatic rings. The largest absolute Gasteiger partial charge is 0.465 e. The molecular weight excluding hydrogens is 220 g/mol. The van der Waals surface area contributed by atoms with Crippen molar-refractivity contribution in [2.24, 2.45) is 0 Å². The summed E-state index contributed by atoms with van der Waals surface area (Å²) in [5, 5.41) is 0.618. The van der Waals surface area contributed by atoms with E-state index in [2.05, 4.69) is 19.9 Å². The van der Waals surface area contributed by atoms with Crippen LogP contribution in [-0.2, 0) is 17.6 Å². The van der Waals surface area contributed by atoms with Crippen molar-refractivity contribution in [3.8, 4) is 0 Å². The zero-order valence-electron chi connectivity index (χ0n) is 9.87. The van der Waals surface area contributed by atoms with Crippen LogP contribution in [0.5, 0.6) is 0 Å². The molecule has 0 fully saturated rings. The van der Waals surface area contributed by atoms with E-state index in [4.69, 9.17) is 4.74 Å². The first-order valence-electron chi connectivity index (χ1n) is 5.56. The van der Waals surface area contributed by atoms with Crippen LogP contribution in [0.2, 0.25) is 0 Å². The summed E-state index contributed by atoms with van der Waals surface area (Å²) in [5.74, 6) is -0.222. The number of fused-ring (bicyclic) bond motifs is 1. The molecule has 0 aliphatic carbocycles. The first kappa shape index (κ1) is 11.5. The fourth-order valence-corrected chi connectivity index (χ4v) is 3.28. The van der Waals surface area contributed by atoms with Gasteiger partial charge in [-0.1, -0.05) is 19.9 Å². The molecule has 0 spiro atoms. The normalized spacial score (nSPS) is 18.3. The molecular formula is C13H16O2S. The van der Waals surface area contributed by atoms with Gasteiger partial charge < -0.3 is 4.74 Å². The van der Waals surface area contributed by atoms with Crippen LogP contribution in [0, 0.1) is 0 Å². The molecule has 1 atom stereocenters. The summed E-state index contributed by atoms with van der Waals surface area (Å²) in [5.41, 5.74) is 3.20. The van der Waals surface area contributed by atoms with E-state index in [0.29, 0.717) is 5.25 Å². The highest BCUT2D eigenvalue weighted by Gasteiger charge is 2.22. The van der Waals surface area contributed by atoms with Crippen LogP contribution >= 0.6 is 11.8 Å². The Kier molecular flexibility index (Phi) is 3.24. The molecule has 1 aromatic carbocycles. The van der Waals surface area contributed by atoms with Crippen LogP contribution < -0.4 is 0 Å². The monoisotopic (exact) mass is 236 g/mol. The average molecular weight is 236 g/mol.